The van der Waals surface area contributed by atoms with Crippen LogP contribution in [0.15, 0.2) is 29.2 Å². The molecule has 18 heavy (non-hydrogen) atoms. The van der Waals surface area contributed by atoms with E-state index in [2.05, 4.69) is 4.72 Å². The molecule has 1 rings (SSSR count). The van der Waals surface area contributed by atoms with E-state index in [0.29, 0.717) is 0 Å². The number of hydrogen-bond acceptors (Lipinski definition) is 3. The Morgan fingerprint density at radius 2 is 1.94 bits per heavy atom. The van der Waals surface area contributed by atoms with Crippen LogP contribution in [0.1, 0.15) is 13.8 Å². The summed E-state index contributed by atoms with van der Waals surface area (Å²) in [5.41, 5.74) is -0.319. The van der Waals surface area contributed by atoms with E-state index in [-0.39, 0.29) is 17.0 Å². The molecule has 0 saturated heterocycles. The highest BCUT2D eigenvalue weighted by atomic mass is 32.2. The average Bonchev–Trinajstić information content (AvgIpc) is 2.26. The molecule has 0 amide bonds. The standard InChI is InChI=1S/C12H19FN2O2S/c1-12(2,15(3)4)9-14-18(16,17)11-7-5-6-10(13)8-11/h5-8,14H,9H2,1-4H3. The summed E-state index contributed by atoms with van der Waals surface area (Å²) in [7, 11) is 0.0769. The van der Waals surface area contributed by atoms with Crippen molar-refractivity contribution in [1.82, 2.24) is 9.62 Å². The highest BCUT2D eigenvalue weighted by Crippen LogP contribution is 2.13. The van der Waals surface area contributed by atoms with Gasteiger partial charge in [-0.15, -0.1) is 0 Å². The number of hydrogen-bond donors (Lipinski definition) is 1. The third-order valence-electron chi connectivity index (χ3n) is 3.01. The van der Waals surface area contributed by atoms with Gasteiger partial charge < -0.3 is 4.90 Å². The third kappa shape index (κ3) is 3.76. The Labute approximate surface area is 108 Å². The Morgan fingerprint density at radius 1 is 1.33 bits per heavy atom. The second-order valence-corrected chi connectivity index (χ2v) is 6.76. The maximum Gasteiger partial charge on any atom is 0.240 e. The van der Waals surface area contributed by atoms with E-state index in [4.69, 9.17) is 0 Å². The molecule has 0 spiro atoms. The minimum Gasteiger partial charge on any atom is -0.303 e. The summed E-state index contributed by atoms with van der Waals surface area (Å²) in [5, 5.41) is 0. The van der Waals surface area contributed by atoms with E-state index < -0.39 is 15.8 Å². The van der Waals surface area contributed by atoms with Crippen LogP contribution in [0.5, 0.6) is 0 Å². The summed E-state index contributed by atoms with van der Waals surface area (Å²) < 4.78 is 39.4. The average molecular weight is 274 g/mol. The number of likely N-dealkylation sites (N-methyl/N-ethyl adjacent to an activating group) is 1. The Balaban J connectivity index is 2.84. The molecular weight excluding hydrogens is 255 g/mol. The molecule has 0 aliphatic heterocycles. The minimum absolute atomic E-state index is 0.0583. The summed E-state index contributed by atoms with van der Waals surface area (Å²) in [4.78, 5) is 1.86. The predicted molar refractivity (Wildman–Crippen MR) is 69.4 cm³/mol. The maximum atomic E-state index is 13.0. The van der Waals surface area contributed by atoms with Crippen molar-refractivity contribution in [3.05, 3.63) is 30.1 Å². The van der Waals surface area contributed by atoms with Crippen molar-refractivity contribution < 1.29 is 12.8 Å². The van der Waals surface area contributed by atoms with Gasteiger partial charge in [-0.25, -0.2) is 17.5 Å². The van der Waals surface area contributed by atoms with E-state index in [9.17, 15) is 12.8 Å². The van der Waals surface area contributed by atoms with Crippen molar-refractivity contribution in [2.24, 2.45) is 0 Å². The fourth-order valence-corrected chi connectivity index (χ4v) is 2.38. The molecule has 0 bridgehead atoms. The van der Waals surface area contributed by atoms with Crippen molar-refractivity contribution in [3.63, 3.8) is 0 Å². The van der Waals surface area contributed by atoms with Gasteiger partial charge in [0.25, 0.3) is 0 Å². The topological polar surface area (TPSA) is 49.4 Å². The van der Waals surface area contributed by atoms with Crippen LogP contribution >= 0.6 is 0 Å². The molecule has 4 nitrogen and oxygen atoms in total. The second-order valence-electron chi connectivity index (χ2n) is 4.99. The molecule has 0 aliphatic rings. The molecule has 1 N–H and O–H groups in total. The molecular formula is C12H19FN2O2S. The SMILES string of the molecule is CN(C)C(C)(C)CNS(=O)(=O)c1cccc(F)c1. The van der Waals surface area contributed by atoms with Crippen molar-refractivity contribution >= 4 is 10.0 Å². The molecule has 0 unspecified atom stereocenters. The Hall–Kier alpha value is -0.980. The van der Waals surface area contributed by atoms with Crippen molar-refractivity contribution in [3.8, 4) is 0 Å². The lowest BCUT2D eigenvalue weighted by molar-refractivity contribution is 0.199. The van der Waals surface area contributed by atoms with E-state index in [0.717, 1.165) is 6.07 Å². The summed E-state index contributed by atoms with van der Waals surface area (Å²) >= 11 is 0. The quantitative estimate of drug-likeness (QED) is 0.884. The summed E-state index contributed by atoms with van der Waals surface area (Å²) in [5.74, 6) is -0.565. The van der Waals surface area contributed by atoms with Gasteiger partial charge in [-0.1, -0.05) is 6.07 Å². The largest absolute Gasteiger partial charge is 0.303 e. The highest BCUT2D eigenvalue weighted by molar-refractivity contribution is 7.89. The molecule has 0 atom stereocenters. The first kappa shape index (κ1) is 15.1. The smallest absolute Gasteiger partial charge is 0.240 e. The fourth-order valence-electron chi connectivity index (χ4n) is 1.15. The lowest BCUT2D eigenvalue weighted by Crippen LogP contribution is -2.48. The normalized spacial score (nSPS) is 13.0. The zero-order valence-electron chi connectivity index (χ0n) is 11.1. The fraction of sp³-hybridized carbons (Fsp3) is 0.500. The zero-order chi connectivity index (χ0) is 14.0. The van der Waals surface area contributed by atoms with Crippen molar-refractivity contribution in [1.29, 1.82) is 0 Å². The first-order chi connectivity index (χ1) is 8.15. The van der Waals surface area contributed by atoms with Crippen LogP contribution in [0.4, 0.5) is 4.39 Å². The second kappa shape index (κ2) is 5.34. The number of halogens is 1. The van der Waals surface area contributed by atoms with Crippen LogP contribution in [-0.2, 0) is 10.0 Å². The van der Waals surface area contributed by atoms with Gasteiger partial charge in [-0.2, -0.15) is 0 Å². The molecule has 0 fully saturated rings. The molecule has 102 valence electrons. The zero-order valence-corrected chi connectivity index (χ0v) is 11.9. The van der Waals surface area contributed by atoms with Crippen LogP contribution in [0.2, 0.25) is 0 Å². The highest BCUT2D eigenvalue weighted by Gasteiger charge is 2.24. The number of sulfonamides is 1. The van der Waals surface area contributed by atoms with Crippen LogP contribution in [-0.4, -0.2) is 39.5 Å². The Kier molecular flexibility index (Phi) is 4.47. The number of benzene rings is 1. The summed E-state index contributed by atoms with van der Waals surface area (Å²) in [6.45, 7) is 4.08. The first-order valence-electron chi connectivity index (χ1n) is 5.58. The van der Waals surface area contributed by atoms with E-state index in [1.54, 1.807) is 0 Å². The van der Waals surface area contributed by atoms with Gasteiger partial charge in [0.1, 0.15) is 5.82 Å². The molecule has 1 aromatic rings. The van der Waals surface area contributed by atoms with Gasteiger partial charge >= 0.3 is 0 Å². The van der Waals surface area contributed by atoms with Gasteiger partial charge in [0.2, 0.25) is 10.0 Å². The summed E-state index contributed by atoms with van der Waals surface area (Å²) in [6, 6.07) is 4.96. The van der Waals surface area contributed by atoms with E-state index in [1.807, 2.05) is 32.8 Å². The molecule has 0 saturated carbocycles. The maximum absolute atomic E-state index is 13.0. The van der Waals surface area contributed by atoms with Gasteiger partial charge in [0.05, 0.1) is 4.90 Å². The van der Waals surface area contributed by atoms with E-state index >= 15 is 0 Å². The molecule has 0 aliphatic carbocycles. The Morgan fingerprint density at radius 3 is 2.44 bits per heavy atom. The van der Waals surface area contributed by atoms with Gasteiger partial charge in [-0.3, -0.25) is 0 Å². The minimum atomic E-state index is -3.67. The third-order valence-corrected chi connectivity index (χ3v) is 4.41. The molecule has 1 aromatic carbocycles. The van der Waals surface area contributed by atoms with Crippen LogP contribution < -0.4 is 4.72 Å². The predicted octanol–water partition coefficient (Wildman–Crippen LogP) is 1.44. The number of nitrogens with one attached hydrogen (secondary N) is 1. The van der Waals surface area contributed by atoms with Crippen LogP contribution in [0, 0.1) is 5.82 Å². The van der Waals surface area contributed by atoms with Crippen molar-refractivity contribution in [2.75, 3.05) is 20.6 Å². The van der Waals surface area contributed by atoms with Crippen LogP contribution in [0.25, 0.3) is 0 Å². The molecule has 6 heteroatoms. The lowest BCUT2D eigenvalue weighted by Gasteiger charge is -2.32. The van der Waals surface area contributed by atoms with Gasteiger partial charge in [0.15, 0.2) is 0 Å². The van der Waals surface area contributed by atoms with Crippen LogP contribution in [0.3, 0.4) is 0 Å². The van der Waals surface area contributed by atoms with Gasteiger partial charge in [-0.05, 0) is 46.1 Å². The van der Waals surface area contributed by atoms with E-state index in [1.165, 1.54) is 18.2 Å². The monoisotopic (exact) mass is 274 g/mol. The lowest BCUT2D eigenvalue weighted by atomic mass is 10.1. The molecule has 0 aromatic heterocycles. The molecule has 0 heterocycles. The Bertz CT molecular complexity index is 513. The van der Waals surface area contributed by atoms with Gasteiger partial charge in [0, 0.05) is 12.1 Å². The number of nitrogens with zero attached hydrogens (tertiary/aromatic N) is 1. The number of rotatable bonds is 5. The summed E-state index contributed by atoms with van der Waals surface area (Å²) in [6.07, 6.45) is 0. The first-order valence-corrected chi connectivity index (χ1v) is 7.06. The van der Waals surface area contributed by atoms with Crippen molar-refractivity contribution in [2.45, 2.75) is 24.3 Å². The molecule has 0 radical (unpaired) electrons.